The molecule has 0 radical (unpaired) electrons. The fraction of sp³-hybridized carbons (Fsp3) is 0.438. The number of likely N-dealkylation sites (N-methyl/N-ethyl adjacent to an activating group) is 1. The number of esters is 1. The number of nitrogens with zero attached hydrogens (tertiary/aromatic N) is 2. The van der Waals surface area contributed by atoms with Crippen LogP contribution in [0.25, 0.3) is 0 Å². The van der Waals surface area contributed by atoms with E-state index in [1.54, 1.807) is 19.1 Å². The Morgan fingerprint density at radius 1 is 1.57 bits per heavy atom. The molecule has 0 aromatic heterocycles. The highest BCUT2D eigenvalue weighted by Crippen LogP contribution is 2.24. The molecule has 5 nitrogen and oxygen atoms in total. The van der Waals surface area contributed by atoms with Crippen LogP contribution in [0.5, 0.6) is 0 Å². The first-order chi connectivity index (χ1) is 10.9. The smallest absolute Gasteiger partial charge is 0.328 e. The van der Waals surface area contributed by atoms with Crippen LogP contribution in [0.4, 0.5) is 4.39 Å². The van der Waals surface area contributed by atoms with Crippen molar-refractivity contribution in [2.24, 2.45) is 10.9 Å². The van der Waals surface area contributed by atoms with E-state index in [9.17, 15) is 9.18 Å². The van der Waals surface area contributed by atoms with Crippen LogP contribution in [-0.2, 0) is 9.53 Å². The van der Waals surface area contributed by atoms with Gasteiger partial charge in [-0.25, -0.2) is 4.39 Å². The monoisotopic (exact) mass is 340 g/mol. The molecule has 0 aliphatic rings. The minimum absolute atomic E-state index is 0.195. The number of hydrogen-bond acceptors (Lipinski definition) is 4. The summed E-state index contributed by atoms with van der Waals surface area (Å²) in [5.74, 6) is -2.11. The number of halogens is 2. The summed E-state index contributed by atoms with van der Waals surface area (Å²) in [6.45, 7) is 2.05. The normalized spacial score (nSPS) is 13.8. The van der Waals surface area contributed by atoms with E-state index in [2.05, 4.69) is 4.99 Å². The quantitative estimate of drug-likeness (QED) is 0.603. The predicted octanol–water partition coefficient (Wildman–Crippen LogP) is 1.44. The predicted molar refractivity (Wildman–Crippen MR) is 86.1 cm³/mol. The minimum Gasteiger partial charge on any atom is -0.465 e. The lowest BCUT2D eigenvalue weighted by atomic mass is 10.1. The molecule has 0 bridgehead atoms. The van der Waals surface area contributed by atoms with Crippen LogP contribution < -0.4 is 4.90 Å². The first-order valence-corrected chi connectivity index (χ1v) is 7.60. The second-order valence-electron chi connectivity index (χ2n) is 5.14. The van der Waals surface area contributed by atoms with Gasteiger partial charge in [0.05, 0.1) is 43.9 Å². The van der Waals surface area contributed by atoms with Gasteiger partial charge in [-0.15, -0.1) is 0 Å². The molecule has 7 heteroatoms. The van der Waals surface area contributed by atoms with Crippen LogP contribution in [0.3, 0.4) is 0 Å². The number of carbonyl (C=O) groups excluding carboxylic acids is 1. The molecule has 1 aromatic carbocycles. The van der Waals surface area contributed by atoms with E-state index in [1.807, 2.05) is 20.2 Å². The molecule has 124 valence electrons. The van der Waals surface area contributed by atoms with Gasteiger partial charge in [0.15, 0.2) is 5.92 Å². The van der Waals surface area contributed by atoms with Crippen molar-refractivity contribution in [3.8, 4) is 6.07 Å². The van der Waals surface area contributed by atoms with Crippen LogP contribution in [0.15, 0.2) is 23.2 Å². The van der Waals surface area contributed by atoms with Gasteiger partial charge in [-0.3, -0.25) is 9.79 Å². The molecule has 0 heterocycles. The highest BCUT2D eigenvalue weighted by molar-refractivity contribution is 6.31. The van der Waals surface area contributed by atoms with Gasteiger partial charge in [-0.1, -0.05) is 17.7 Å². The molecule has 1 aromatic rings. The van der Waals surface area contributed by atoms with E-state index in [-0.39, 0.29) is 19.2 Å². The summed E-state index contributed by atoms with van der Waals surface area (Å²) in [5, 5.41) is 9.30. The summed E-state index contributed by atoms with van der Waals surface area (Å²) in [6, 6.07) is 6.00. The molecule has 0 saturated carbocycles. The third kappa shape index (κ3) is 5.31. The average Bonchev–Trinajstić information content (AvgIpc) is 2.49. The van der Waals surface area contributed by atoms with Crippen molar-refractivity contribution < 1.29 is 18.8 Å². The zero-order chi connectivity index (χ0) is 17.4. The lowest BCUT2D eigenvalue weighted by Gasteiger charge is -2.21. The van der Waals surface area contributed by atoms with E-state index < -0.39 is 17.7 Å². The van der Waals surface area contributed by atoms with Crippen molar-refractivity contribution >= 4 is 23.8 Å². The summed E-state index contributed by atoms with van der Waals surface area (Å²) < 4.78 is 18.8. The Balaban J connectivity index is 2.92. The number of aliphatic imine (C=N–C) groups is 1. The van der Waals surface area contributed by atoms with E-state index in [4.69, 9.17) is 21.6 Å². The van der Waals surface area contributed by atoms with Crippen LogP contribution in [0, 0.1) is 23.1 Å². The Kier molecular flexibility index (Phi) is 7.66. The van der Waals surface area contributed by atoms with E-state index >= 15 is 0 Å². The van der Waals surface area contributed by atoms with Crippen LogP contribution in [-0.4, -0.2) is 39.4 Å². The lowest BCUT2D eigenvalue weighted by Crippen LogP contribution is -3.06. The van der Waals surface area contributed by atoms with Gasteiger partial charge >= 0.3 is 5.97 Å². The number of carbonyl (C=O) groups is 1. The van der Waals surface area contributed by atoms with Crippen molar-refractivity contribution in [3.63, 3.8) is 0 Å². The first-order valence-electron chi connectivity index (χ1n) is 7.22. The number of nitrogens with one attached hydrogen (secondary N) is 1. The van der Waals surface area contributed by atoms with E-state index in [0.717, 1.165) is 4.90 Å². The zero-order valence-electron chi connectivity index (χ0n) is 13.3. The van der Waals surface area contributed by atoms with Crippen LogP contribution >= 0.6 is 11.6 Å². The second-order valence-corrected chi connectivity index (χ2v) is 5.55. The maximum absolute atomic E-state index is 14.1. The lowest BCUT2D eigenvalue weighted by molar-refractivity contribution is -0.890. The fourth-order valence-electron chi connectivity index (χ4n) is 2.06. The van der Waals surface area contributed by atoms with E-state index in [1.165, 1.54) is 12.3 Å². The number of quaternary nitrogens is 1. The standard InChI is InChI=1S/C16H19ClFN3O2/c1-4-23-16(22)11(8-19)9-20-10-14(21(2)3)15-12(17)6-5-7-13(15)18/h5-7,9,11,14H,4,10H2,1-3H3/p+1/t11-,14-/m0/s1. The Morgan fingerprint density at radius 2 is 2.26 bits per heavy atom. The molecule has 0 spiro atoms. The molecule has 0 aliphatic carbocycles. The Hall–Kier alpha value is -1.97. The average molecular weight is 341 g/mol. The van der Waals surface area contributed by atoms with Crippen molar-refractivity contribution in [1.82, 2.24) is 0 Å². The maximum atomic E-state index is 14.1. The number of ether oxygens (including phenoxy) is 1. The summed E-state index contributed by atoms with van der Waals surface area (Å²) in [7, 11) is 3.71. The highest BCUT2D eigenvalue weighted by Gasteiger charge is 2.24. The van der Waals surface area contributed by atoms with Crippen LogP contribution in [0.2, 0.25) is 5.02 Å². The van der Waals surface area contributed by atoms with Gasteiger partial charge in [-0.05, 0) is 19.1 Å². The van der Waals surface area contributed by atoms with Gasteiger partial charge in [0.25, 0.3) is 0 Å². The third-order valence-electron chi connectivity index (χ3n) is 3.27. The molecular formula is C16H20ClFN3O2+. The summed E-state index contributed by atoms with van der Waals surface area (Å²) >= 11 is 6.10. The second kappa shape index (κ2) is 9.23. The van der Waals surface area contributed by atoms with Gasteiger partial charge in [0, 0.05) is 6.21 Å². The molecule has 23 heavy (non-hydrogen) atoms. The molecule has 1 rings (SSSR count). The molecule has 1 N–H and O–H groups in total. The minimum atomic E-state index is -1.07. The fourth-order valence-corrected chi connectivity index (χ4v) is 2.35. The van der Waals surface area contributed by atoms with Crippen LogP contribution in [0.1, 0.15) is 18.5 Å². The van der Waals surface area contributed by atoms with Gasteiger partial charge in [-0.2, -0.15) is 5.26 Å². The van der Waals surface area contributed by atoms with E-state index in [0.29, 0.717) is 10.6 Å². The summed E-state index contributed by atoms with van der Waals surface area (Å²) in [5.41, 5.74) is 0.371. The van der Waals surface area contributed by atoms with Gasteiger partial charge < -0.3 is 9.64 Å². The van der Waals surface area contributed by atoms with Crippen molar-refractivity contribution in [1.29, 1.82) is 5.26 Å². The van der Waals surface area contributed by atoms with Crippen molar-refractivity contribution in [2.75, 3.05) is 27.2 Å². The van der Waals surface area contributed by atoms with Crippen molar-refractivity contribution in [3.05, 3.63) is 34.6 Å². The first kappa shape index (κ1) is 19.1. The third-order valence-corrected chi connectivity index (χ3v) is 3.60. The molecular weight excluding hydrogens is 321 g/mol. The zero-order valence-corrected chi connectivity index (χ0v) is 14.1. The number of hydrogen-bond donors (Lipinski definition) is 1. The largest absolute Gasteiger partial charge is 0.465 e. The molecule has 0 unspecified atom stereocenters. The topological polar surface area (TPSA) is 66.9 Å². The van der Waals surface area contributed by atoms with Crippen molar-refractivity contribution in [2.45, 2.75) is 13.0 Å². The SMILES string of the molecule is CCOC(=O)[C@@H](C#N)C=NC[C@@H](c1c(F)cccc1Cl)[NH+](C)C. The summed E-state index contributed by atoms with van der Waals surface area (Å²) in [6.07, 6.45) is 1.24. The number of rotatable bonds is 7. The molecule has 0 aliphatic heterocycles. The molecule has 0 saturated heterocycles. The highest BCUT2D eigenvalue weighted by atomic mass is 35.5. The number of nitriles is 1. The summed E-state index contributed by atoms with van der Waals surface area (Å²) in [4.78, 5) is 16.6. The number of benzene rings is 1. The molecule has 0 amide bonds. The van der Waals surface area contributed by atoms with Gasteiger partial charge in [0.2, 0.25) is 0 Å². The molecule has 0 fully saturated rings. The Morgan fingerprint density at radius 3 is 2.78 bits per heavy atom. The Labute approximate surface area is 140 Å². The maximum Gasteiger partial charge on any atom is 0.328 e. The molecule has 2 atom stereocenters. The van der Waals surface area contributed by atoms with Gasteiger partial charge in [0.1, 0.15) is 11.9 Å². The Bertz CT molecular complexity index is 594.